The molecule has 1 aliphatic heterocycles. The van der Waals surface area contributed by atoms with E-state index in [-0.39, 0.29) is 5.75 Å². The van der Waals surface area contributed by atoms with Gasteiger partial charge >= 0.3 is 0 Å². The van der Waals surface area contributed by atoms with Crippen molar-refractivity contribution in [2.45, 2.75) is 6.42 Å². The molecule has 1 aromatic rings. The fourth-order valence-corrected chi connectivity index (χ4v) is 2.30. The van der Waals surface area contributed by atoms with Crippen LogP contribution in [-0.4, -0.2) is 49.8 Å². The summed E-state index contributed by atoms with van der Waals surface area (Å²) < 4.78 is 5.27. The number of hydrogen-bond donors (Lipinski definition) is 2. The van der Waals surface area contributed by atoms with Gasteiger partial charge in [-0.15, -0.1) is 0 Å². The predicted molar refractivity (Wildman–Crippen MR) is 72.4 cm³/mol. The highest BCUT2D eigenvalue weighted by molar-refractivity contribution is 5.51. The van der Waals surface area contributed by atoms with E-state index in [0.717, 1.165) is 44.7 Å². The molecule has 0 atom stereocenters. The van der Waals surface area contributed by atoms with E-state index in [2.05, 4.69) is 10.2 Å². The monoisotopic (exact) mass is 261 g/mol. The van der Waals surface area contributed by atoms with Gasteiger partial charge in [0.15, 0.2) is 0 Å². The van der Waals surface area contributed by atoms with E-state index in [1.807, 2.05) is 6.07 Å². The minimum atomic E-state index is -0.0229. The second kappa shape index (κ2) is 6.41. The van der Waals surface area contributed by atoms with Crippen molar-refractivity contribution in [1.82, 2.24) is 10.2 Å². The number of benzene rings is 1. The summed E-state index contributed by atoms with van der Waals surface area (Å²) in [6.45, 7) is 5.08. The van der Waals surface area contributed by atoms with Crippen molar-refractivity contribution in [2.75, 3.05) is 39.8 Å². The van der Waals surface area contributed by atoms with E-state index in [9.17, 15) is 5.11 Å². The van der Waals surface area contributed by atoms with E-state index in [1.165, 1.54) is 6.07 Å². The quantitative estimate of drug-likeness (QED) is 0.836. The Bertz CT molecular complexity index is 476. The lowest BCUT2D eigenvalue weighted by molar-refractivity contribution is 0.243. The minimum Gasteiger partial charge on any atom is -0.506 e. The summed E-state index contributed by atoms with van der Waals surface area (Å²) in [6.07, 6.45) is 0.818. The molecule has 1 saturated heterocycles. The second-order valence-corrected chi connectivity index (χ2v) is 4.63. The standard InChI is InChI=1S/C14H19N3O2/c1-19-14-9-13(18)12(10-15)8-11(14)2-5-17-6-3-16-4-7-17/h8-9,16,18H,2-7H2,1H3. The van der Waals surface area contributed by atoms with Crippen molar-refractivity contribution in [3.8, 4) is 17.6 Å². The molecule has 19 heavy (non-hydrogen) atoms. The summed E-state index contributed by atoms with van der Waals surface area (Å²) in [6, 6.07) is 5.23. The van der Waals surface area contributed by atoms with Crippen molar-refractivity contribution >= 4 is 0 Å². The molecular weight excluding hydrogens is 242 g/mol. The van der Waals surface area contributed by atoms with Gasteiger partial charge in [0.25, 0.3) is 0 Å². The zero-order chi connectivity index (χ0) is 13.7. The summed E-state index contributed by atoms with van der Waals surface area (Å²) in [5, 5.41) is 21.9. The molecule has 0 unspecified atom stereocenters. The number of phenolic OH excluding ortho intramolecular Hbond substituents is 1. The number of phenols is 1. The molecule has 1 heterocycles. The van der Waals surface area contributed by atoms with Crippen molar-refractivity contribution in [2.24, 2.45) is 0 Å². The van der Waals surface area contributed by atoms with Gasteiger partial charge in [-0.05, 0) is 18.1 Å². The average molecular weight is 261 g/mol. The predicted octanol–water partition coefficient (Wildman–Crippen LogP) is 0.720. The molecule has 1 aliphatic rings. The Kier molecular flexibility index (Phi) is 4.61. The van der Waals surface area contributed by atoms with E-state index in [0.29, 0.717) is 11.3 Å². The third kappa shape index (κ3) is 3.37. The Labute approximate surface area is 113 Å². The second-order valence-electron chi connectivity index (χ2n) is 4.63. The summed E-state index contributed by atoms with van der Waals surface area (Å²) in [5.41, 5.74) is 1.27. The Morgan fingerprint density at radius 2 is 2.16 bits per heavy atom. The van der Waals surface area contributed by atoms with Crippen LogP contribution in [0, 0.1) is 11.3 Å². The largest absolute Gasteiger partial charge is 0.506 e. The van der Waals surface area contributed by atoms with Crippen LogP contribution in [0.1, 0.15) is 11.1 Å². The molecule has 2 N–H and O–H groups in total. The third-order valence-electron chi connectivity index (χ3n) is 3.43. The van der Waals surface area contributed by atoms with Crippen LogP contribution in [0.2, 0.25) is 0 Å². The number of nitriles is 1. The normalized spacial score (nSPS) is 16.0. The van der Waals surface area contributed by atoms with Gasteiger partial charge in [0.05, 0.1) is 12.7 Å². The highest BCUT2D eigenvalue weighted by Crippen LogP contribution is 2.28. The van der Waals surface area contributed by atoms with Crippen LogP contribution in [0.4, 0.5) is 0 Å². The maximum atomic E-state index is 9.64. The zero-order valence-corrected chi connectivity index (χ0v) is 11.1. The lowest BCUT2D eigenvalue weighted by Crippen LogP contribution is -2.44. The number of methoxy groups -OCH3 is 1. The van der Waals surface area contributed by atoms with Gasteiger partial charge in [-0.1, -0.05) is 0 Å². The topological polar surface area (TPSA) is 68.5 Å². The highest BCUT2D eigenvalue weighted by atomic mass is 16.5. The van der Waals surface area contributed by atoms with Gasteiger partial charge in [0.1, 0.15) is 17.6 Å². The molecule has 0 aliphatic carbocycles. The first-order valence-electron chi connectivity index (χ1n) is 6.47. The fourth-order valence-electron chi connectivity index (χ4n) is 2.30. The fraction of sp³-hybridized carbons (Fsp3) is 0.500. The number of nitrogens with zero attached hydrogens (tertiary/aromatic N) is 2. The third-order valence-corrected chi connectivity index (χ3v) is 3.43. The molecule has 0 saturated carbocycles. The van der Waals surface area contributed by atoms with Gasteiger partial charge in [-0.3, -0.25) is 0 Å². The SMILES string of the molecule is COc1cc(O)c(C#N)cc1CCN1CCNCC1. The molecule has 2 rings (SSSR count). The van der Waals surface area contributed by atoms with Gasteiger partial charge in [-0.25, -0.2) is 0 Å². The van der Waals surface area contributed by atoms with Gasteiger partial charge in [-0.2, -0.15) is 5.26 Å². The summed E-state index contributed by atoms with van der Waals surface area (Å²) >= 11 is 0. The number of rotatable bonds is 4. The summed E-state index contributed by atoms with van der Waals surface area (Å²) in [7, 11) is 1.58. The molecule has 0 bridgehead atoms. The van der Waals surface area contributed by atoms with E-state index >= 15 is 0 Å². The van der Waals surface area contributed by atoms with Crippen LogP contribution in [-0.2, 0) is 6.42 Å². The van der Waals surface area contributed by atoms with Crippen LogP contribution in [0.5, 0.6) is 11.5 Å². The number of hydrogen-bond acceptors (Lipinski definition) is 5. The molecule has 5 nitrogen and oxygen atoms in total. The molecule has 102 valence electrons. The lowest BCUT2D eigenvalue weighted by atomic mass is 10.1. The first-order chi connectivity index (χ1) is 9.24. The van der Waals surface area contributed by atoms with Crippen molar-refractivity contribution in [3.05, 3.63) is 23.3 Å². The Morgan fingerprint density at radius 1 is 1.42 bits per heavy atom. The van der Waals surface area contributed by atoms with Gasteiger partial charge < -0.3 is 20.1 Å². The molecular formula is C14H19N3O2. The highest BCUT2D eigenvalue weighted by Gasteiger charge is 2.13. The average Bonchev–Trinajstić information content (AvgIpc) is 2.46. The molecule has 0 aromatic heterocycles. The Hall–Kier alpha value is -1.77. The van der Waals surface area contributed by atoms with Crippen LogP contribution < -0.4 is 10.1 Å². The molecule has 0 radical (unpaired) electrons. The van der Waals surface area contributed by atoms with Crippen molar-refractivity contribution < 1.29 is 9.84 Å². The van der Waals surface area contributed by atoms with Crippen LogP contribution in [0.25, 0.3) is 0 Å². The van der Waals surface area contributed by atoms with Gasteiger partial charge in [0.2, 0.25) is 0 Å². The van der Waals surface area contributed by atoms with Crippen LogP contribution >= 0.6 is 0 Å². The van der Waals surface area contributed by atoms with E-state index in [4.69, 9.17) is 10.00 Å². The number of ether oxygens (including phenoxy) is 1. The first kappa shape index (κ1) is 13.7. The number of piperazine rings is 1. The molecule has 1 fully saturated rings. The molecule has 0 spiro atoms. The van der Waals surface area contributed by atoms with Gasteiger partial charge in [0, 0.05) is 38.8 Å². The minimum absolute atomic E-state index is 0.0229. The molecule has 5 heteroatoms. The summed E-state index contributed by atoms with van der Waals surface area (Å²) in [4.78, 5) is 2.38. The number of nitrogens with one attached hydrogen (secondary N) is 1. The van der Waals surface area contributed by atoms with Crippen molar-refractivity contribution in [3.63, 3.8) is 0 Å². The number of aromatic hydroxyl groups is 1. The van der Waals surface area contributed by atoms with Crippen LogP contribution in [0.15, 0.2) is 12.1 Å². The maximum Gasteiger partial charge on any atom is 0.137 e. The molecule has 1 aromatic carbocycles. The molecule has 0 amide bonds. The van der Waals surface area contributed by atoms with E-state index < -0.39 is 0 Å². The van der Waals surface area contributed by atoms with Crippen LogP contribution in [0.3, 0.4) is 0 Å². The first-order valence-corrected chi connectivity index (χ1v) is 6.47. The Morgan fingerprint density at radius 3 is 2.79 bits per heavy atom. The van der Waals surface area contributed by atoms with E-state index in [1.54, 1.807) is 13.2 Å². The summed E-state index contributed by atoms with van der Waals surface area (Å²) in [5.74, 6) is 0.622. The van der Waals surface area contributed by atoms with Crippen molar-refractivity contribution in [1.29, 1.82) is 5.26 Å². The lowest BCUT2D eigenvalue weighted by Gasteiger charge is -2.27. The zero-order valence-electron chi connectivity index (χ0n) is 11.1. The smallest absolute Gasteiger partial charge is 0.137 e. The maximum absolute atomic E-state index is 9.64. The Balaban J connectivity index is 2.07.